The van der Waals surface area contributed by atoms with Crippen LogP contribution in [0.3, 0.4) is 0 Å². The van der Waals surface area contributed by atoms with Crippen molar-refractivity contribution < 1.29 is 27.8 Å². The molecule has 3 aromatic rings. The van der Waals surface area contributed by atoms with Gasteiger partial charge in [-0.15, -0.1) is 0 Å². The standard InChI is InChI=1S/C27H24F3NO3/c28-27(29,30)21-15-13-18(14-16-21)23(32)24-25(33)31-17-7-12-22(31)26(34-24,19-8-3-1-4-9-19)20-10-5-2-6-11-20/h1-6,8-11,13-16,22-24,32H,7,12,17H2/t22-,23-,24-/m0/s1. The van der Waals surface area contributed by atoms with E-state index in [1.165, 1.54) is 12.1 Å². The Hall–Kier alpha value is -3.16. The number of carbonyl (C=O) groups excluding carboxylic acids is 1. The normalized spacial score (nSPS) is 22.9. The lowest BCUT2D eigenvalue weighted by molar-refractivity contribution is -0.204. The minimum atomic E-state index is -4.49. The molecule has 0 aliphatic carbocycles. The Morgan fingerprint density at radius 2 is 1.47 bits per heavy atom. The number of rotatable bonds is 4. The molecule has 2 aliphatic heterocycles. The second kappa shape index (κ2) is 8.56. The van der Waals surface area contributed by atoms with E-state index in [4.69, 9.17) is 4.74 Å². The van der Waals surface area contributed by atoms with Crippen molar-refractivity contribution in [1.82, 2.24) is 4.90 Å². The first-order valence-corrected chi connectivity index (χ1v) is 11.3. The third kappa shape index (κ3) is 3.69. The number of alkyl halides is 3. The third-order valence-corrected chi connectivity index (χ3v) is 6.83. The van der Waals surface area contributed by atoms with Gasteiger partial charge in [-0.2, -0.15) is 13.2 Å². The van der Waals surface area contributed by atoms with Crippen LogP contribution in [0.25, 0.3) is 0 Å². The van der Waals surface area contributed by atoms with Crippen molar-refractivity contribution in [2.75, 3.05) is 6.54 Å². The number of aliphatic hydroxyl groups excluding tert-OH is 1. The van der Waals surface area contributed by atoms with Gasteiger partial charge in [0.05, 0.1) is 11.6 Å². The van der Waals surface area contributed by atoms with Gasteiger partial charge in [-0.1, -0.05) is 72.8 Å². The molecule has 34 heavy (non-hydrogen) atoms. The van der Waals surface area contributed by atoms with Crippen LogP contribution in [0.5, 0.6) is 0 Å². The Morgan fingerprint density at radius 3 is 2.00 bits per heavy atom. The number of aliphatic hydroxyl groups is 1. The number of ether oxygens (including phenoxy) is 1. The highest BCUT2D eigenvalue weighted by molar-refractivity contribution is 5.84. The summed E-state index contributed by atoms with van der Waals surface area (Å²) in [5.41, 5.74) is 0.0659. The number of nitrogens with zero attached hydrogens (tertiary/aromatic N) is 1. The summed E-state index contributed by atoms with van der Waals surface area (Å²) in [6, 6.07) is 23.2. The lowest BCUT2D eigenvalue weighted by Crippen LogP contribution is -2.62. The van der Waals surface area contributed by atoms with Crippen molar-refractivity contribution in [1.29, 1.82) is 0 Å². The number of morpholine rings is 1. The first-order chi connectivity index (χ1) is 16.3. The average molecular weight is 467 g/mol. The van der Waals surface area contributed by atoms with Crippen LogP contribution in [0.1, 0.15) is 41.2 Å². The third-order valence-electron chi connectivity index (χ3n) is 6.83. The summed E-state index contributed by atoms with van der Waals surface area (Å²) in [5.74, 6) is -0.350. The molecule has 2 saturated heterocycles. The molecule has 0 saturated carbocycles. The van der Waals surface area contributed by atoms with Crippen molar-refractivity contribution in [3.63, 3.8) is 0 Å². The molecule has 2 heterocycles. The SMILES string of the molecule is O=C1[C@H]([C@@H](O)c2ccc(C(F)(F)F)cc2)OC(c2ccccc2)(c2ccccc2)[C@@H]2CCCN12. The van der Waals surface area contributed by atoms with Crippen LogP contribution in [-0.4, -0.2) is 34.6 Å². The van der Waals surface area contributed by atoms with Crippen molar-refractivity contribution in [3.05, 3.63) is 107 Å². The number of hydrogen-bond donors (Lipinski definition) is 1. The molecule has 0 spiro atoms. The predicted molar refractivity (Wildman–Crippen MR) is 120 cm³/mol. The largest absolute Gasteiger partial charge is 0.416 e. The zero-order chi connectivity index (χ0) is 23.9. The minimum absolute atomic E-state index is 0.194. The Kier molecular flexibility index (Phi) is 5.70. The number of hydrogen-bond acceptors (Lipinski definition) is 3. The van der Waals surface area contributed by atoms with Gasteiger partial charge in [0.15, 0.2) is 6.10 Å². The first-order valence-electron chi connectivity index (χ1n) is 11.3. The first kappa shape index (κ1) is 22.6. The van der Waals surface area contributed by atoms with Gasteiger partial charge in [-0.3, -0.25) is 4.79 Å². The summed E-state index contributed by atoms with van der Waals surface area (Å²) in [7, 11) is 0. The zero-order valence-electron chi connectivity index (χ0n) is 18.3. The summed E-state index contributed by atoms with van der Waals surface area (Å²) in [6.07, 6.45) is -5.66. The Labute approximate surface area is 195 Å². The maximum atomic E-state index is 13.5. The van der Waals surface area contributed by atoms with Crippen LogP contribution in [0.4, 0.5) is 13.2 Å². The van der Waals surface area contributed by atoms with Gasteiger partial charge in [-0.25, -0.2) is 0 Å². The molecule has 3 aromatic carbocycles. The van der Waals surface area contributed by atoms with Gasteiger partial charge >= 0.3 is 6.18 Å². The van der Waals surface area contributed by atoms with E-state index in [2.05, 4.69) is 0 Å². The van der Waals surface area contributed by atoms with Gasteiger partial charge in [-0.05, 0) is 41.7 Å². The Morgan fingerprint density at radius 1 is 0.912 bits per heavy atom. The maximum absolute atomic E-state index is 13.5. The van der Waals surface area contributed by atoms with E-state index in [1.54, 1.807) is 4.90 Å². The van der Waals surface area contributed by atoms with E-state index in [9.17, 15) is 23.1 Å². The zero-order valence-corrected chi connectivity index (χ0v) is 18.3. The van der Waals surface area contributed by atoms with Gasteiger partial charge in [0.25, 0.3) is 5.91 Å². The lowest BCUT2D eigenvalue weighted by Gasteiger charge is -2.51. The van der Waals surface area contributed by atoms with Crippen LogP contribution >= 0.6 is 0 Å². The lowest BCUT2D eigenvalue weighted by atomic mass is 9.77. The van der Waals surface area contributed by atoms with E-state index >= 15 is 0 Å². The molecule has 0 unspecified atom stereocenters. The van der Waals surface area contributed by atoms with Gasteiger partial charge in [0, 0.05) is 6.54 Å². The monoisotopic (exact) mass is 467 g/mol. The molecule has 1 N–H and O–H groups in total. The van der Waals surface area contributed by atoms with Crippen LogP contribution in [0, 0.1) is 0 Å². The molecule has 1 amide bonds. The van der Waals surface area contributed by atoms with Gasteiger partial charge in [0.1, 0.15) is 11.7 Å². The number of benzene rings is 3. The Balaban J connectivity index is 1.60. The van der Waals surface area contributed by atoms with Crippen LogP contribution in [-0.2, 0) is 21.3 Å². The topological polar surface area (TPSA) is 49.8 Å². The fourth-order valence-corrected chi connectivity index (χ4v) is 5.25. The number of fused-ring (bicyclic) bond motifs is 1. The fourth-order valence-electron chi connectivity index (χ4n) is 5.25. The van der Waals surface area contributed by atoms with Crippen LogP contribution in [0.15, 0.2) is 84.9 Å². The number of carbonyl (C=O) groups is 1. The van der Waals surface area contributed by atoms with Crippen molar-refractivity contribution in [2.24, 2.45) is 0 Å². The quantitative estimate of drug-likeness (QED) is 0.583. The van der Waals surface area contributed by atoms with Gasteiger partial charge < -0.3 is 14.7 Å². The summed E-state index contributed by atoms with van der Waals surface area (Å²) < 4.78 is 45.7. The molecule has 3 atom stereocenters. The Bertz CT molecular complexity index is 1110. The molecule has 2 aliphatic rings. The molecule has 176 valence electrons. The van der Waals surface area contributed by atoms with Crippen LogP contribution in [0.2, 0.25) is 0 Å². The fraction of sp³-hybridized carbons (Fsp3) is 0.296. The highest BCUT2D eigenvalue weighted by Crippen LogP contribution is 2.49. The summed E-state index contributed by atoms with van der Waals surface area (Å²) >= 11 is 0. The molecule has 2 fully saturated rings. The highest BCUT2D eigenvalue weighted by atomic mass is 19.4. The molecular formula is C27H24F3NO3. The van der Waals surface area contributed by atoms with E-state index in [0.717, 1.165) is 36.1 Å². The highest BCUT2D eigenvalue weighted by Gasteiger charge is 2.57. The molecule has 4 nitrogen and oxygen atoms in total. The maximum Gasteiger partial charge on any atom is 0.416 e. The van der Waals surface area contributed by atoms with Crippen molar-refractivity contribution >= 4 is 5.91 Å². The predicted octanol–water partition coefficient (Wildman–Crippen LogP) is 5.07. The summed E-state index contributed by atoms with van der Waals surface area (Å²) in [6.45, 7) is 0.532. The molecular weight excluding hydrogens is 443 g/mol. The number of amides is 1. The smallest absolute Gasteiger partial charge is 0.385 e. The summed E-state index contributed by atoms with van der Waals surface area (Å²) in [4.78, 5) is 15.2. The average Bonchev–Trinajstić information content (AvgIpc) is 3.36. The van der Waals surface area contributed by atoms with Crippen molar-refractivity contribution in [2.45, 2.75) is 42.9 Å². The summed E-state index contributed by atoms with van der Waals surface area (Å²) in [5, 5.41) is 11.2. The van der Waals surface area contributed by atoms with E-state index in [1.807, 2.05) is 60.7 Å². The molecule has 0 bridgehead atoms. The second-order valence-corrected chi connectivity index (χ2v) is 8.76. The minimum Gasteiger partial charge on any atom is -0.385 e. The van der Waals surface area contributed by atoms with E-state index in [-0.39, 0.29) is 17.5 Å². The molecule has 7 heteroatoms. The second-order valence-electron chi connectivity index (χ2n) is 8.76. The number of halogens is 3. The van der Waals surface area contributed by atoms with E-state index in [0.29, 0.717) is 6.54 Å². The molecule has 5 rings (SSSR count). The molecule has 0 aromatic heterocycles. The van der Waals surface area contributed by atoms with Crippen molar-refractivity contribution in [3.8, 4) is 0 Å². The van der Waals surface area contributed by atoms with Crippen LogP contribution < -0.4 is 0 Å². The van der Waals surface area contributed by atoms with Gasteiger partial charge in [0.2, 0.25) is 0 Å². The molecule has 0 radical (unpaired) electrons. The van der Waals surface area contributed by atoms with E-state index < -0.39 is 29.5 Å².